The molecule has 0 aliphatic rings. The van der Waals surface area contributed by atoms with Gasteiger partial charge in [-0.05, 0) is 31.5 Å². The van der Waals surface area contributed by atoms with E-state index < -0.39 is 17.8 Å². The number of hydrogen-bond donors (Lipinski definition) is 1. The van der Waals surface area contributed by atoms with Gasteiger partial charge in [-0.25, -0.2) is 4.39 Å². The van der Waals surface area contributed by atoms with Gasteiger partial charge in [-0.3, -0.25) is 14.2 Å². The zero-order valence-corrected chi connectivity index (χ0v) is 15.3. The average Bonchev–Trinajstić information content (AvgIpc) is 3.10. The summed E-state index contributed by atoms with van der Waals surface area (Å²) in [5.74, 6) is -1.15. The Labute approximate surface area is 157 Å². The summed E-state index contributed by atoms with van der Waals surface area (Å²) in [6, 6.07) is 6.72. The highest BCUT2D eigenvalue weighted by Gasteiger charge is 2.35. The third-order valence-electron chi connectivity index (χ3n) is 4.24. The van der Waals surface area contributed by atoms with Crippen molar-refractivity contribution in [2.45, 2.75) is 26.6 Å². The Bertz CT molecular complexity index is 1040. The Hall–Kier alpha value is -3.17. The van der Waals surface area contributed by atoms with Crippen LogP contribution in [0.1, 0.15) is 33.1 Å². The number of aromatic nitrogens is 4. The monoisotopic (exact) mass is 395 g/mol. The van der Waals surface area contributed by atoms with Crippen molar-refractivity contribution in [2.24, 2.45) is 7.05 Å². The molecule has 2 heterocycles. The molecule has 0 aliphatic heterocycles. The van der Waals surface area contributed by atoms with E-state index >= 15 is 0 Å². The van der Waals surface area contributed by atoms with Crippen LogP contribution in [0.5, 0.6) is 0 Å². The van der Waals surface area contributed by atoms with Crippen LogP contribution >= 0.6 is 0 Å². The zero-order valence-electron chi connectivity index (χ0n) is 15.3. The number of anilines is 1. The molecular weight excluding hydrogens is 378 g/mol. The first kappa shape index (κ1) is 19.6. The molecule has 0 bridgehead atoms. The number of carbonyl (C=O) groups is 1. The van der Waals surface area contributed by atoms with Crippen molar-refractivity contribution in [3.05, 3.63) is 64.5 Å². The molecule has 0 atom stereocenters. The minimum absolute atomic E-state index is 0.280. The van der Waals surface area contributed by atoms with E-state index in [9.17, 15) is 22.4 Å². The summed E-state index contributed by atoms with van der Waals surface area (Å²) >= 11 is 0. The summed E-state index contributed by atoms with van der Waals surface area (Å²) in [6.07, 6.45) is -4.61. The minimum atomic E-state index is -4.61. The van der Waals surface area contributed by atoms with E-state index in [1.54, 1.807) is 30.7 Å². The topological polar surface area (TPSA) is 64.7 Å². The van der Waals surface area contributed by atoms with Gasteiger partial charge in [0.2, 0.25) is 0 Å². The number of aryl methyl sites for hydroxylation is 2. The summed E-state index contributed by atoms with van der Waals surface area (Å²) in [7, 11) is 1.12. The van der Waals surface area contributed by atoms with Gasteiger partial charge < -0.3 is 5.32 Å². The molecule has 0 saturated heterocycles. The van der Waals surface area contributed by atoms with Crippen LogP contribution in [0.4, 0.5) is 23.2 Å². The van der Waals surface area contributed by atoms with E-state index in [1.165, 1.54) is 12.1 Å². The maximum absolute atomic E-state index is 13.4. The van der Waals surface area contributed by atoms with Gasteiger partial charge in [0.15, 0.2) is 5.69 Å². The lowest BCUT2D eigenvalue weighted by Gasteiger charge is -2.06. The average molecular weight is 395 g/mol. The van der Waals surface area contributed by atoms with Crippen LogP contribution in [-0.2, 0) is 19.8 Å². The molecule has 0 fully saturated rings. The van der Waals surface area contributed by atoms with Gasteiger partial charge in [-0.2, -0.15) is 23.4 Å². The maximum Gasteiger partial charge on any atom is 0.433 e. The minimum Gasteiger partial charge on any atom is -0.317 e. The standard InChI is InChI=1S/C18H17F4N5O/c1-10-16(11(2)27(24-10)9-12-5-4-6-13(19)7-12)23-17(28)14-8-15(18(20,21)22)26(3)25-14/h4-8H,9H2,1-3H3,(H,23,28). The first-order chi connectivity index (χ1) is 13.1. The van der Waals surface area contributed by atoms with Crippen molar-refractivity contribution in [1.29, 1.82) is 0 Å². The van der Waals surface area contributed by atoms with E-state index in [1.807, 2.05) is 0 Å². The largest absolute Gasteiger partial charge is 0.433 e. The number of amides is 1. The van der Waals surface area contributed by atoms with Crippen molar-refractivity contribution in [3.63, 3.8) is 0 Å². The van der Waals surface area contributed by atoms with Gasteiger partial charge in [0.05, 0.1) is 23.6 Å². The number of hydrogen-bond acceptors (Lipinski definition) is 3. The van der Waals surface area contributed by atoms with E-state index in [-0.39, 0.29) is 18.1 Å². The number of nitrogens with one attached hydrogen (secondary N) is 1. The molecule has 6 nitrogen and oxygen atoms in total. The molecule has 1 amide bonds. The molecule has 148 valence electrons. The van der Waals surface area contributed by atoms with Crippen molar-refractivity contribution in [3.8, 4) is 0 Å². The molecule has 0 unspecified atom stereocenters. The zero-order chi connectivity index (χ0) is 20.6. The van der Waals surface area contributed by atoms with Gasteiger partial charge in [0.25, 0.3) is 5.91 Å². The van der Waals surface area contributed by atoms with E-state index in [0.29, 0.717) is 33.4 Å². The van der Waals surface area contributed by atoms with Crippen LogP contribution in [0.15, 0.2) is 30.3 Å². The fraction of sp³-hybridized carbons (Fsp3) is 0.278. The van der Waals surface area contributed by atoms with Crippen LogP contribution < -0.4 is 5.32 Å². The van der Waals surface area contributed by atoms with E-state index in [4.69, 9.17) is 0 Å². The number of carbonyl (C=O) groups excluding carboxylic acids is 1. The Morgan fingerprint density at radius 3 is 2.50 bits per heavy atom. The second kappa shape index (κ2) is 7.10. The number of alkyl halides is 3. The van der Waals surface area contributed by atoms with Gasteiger partial charge >= 0.3 is 6.18 Å². The number of rotatable bonds is 4. The number of halogens is 4. The molecule has 28 heavy (non-hydrogen) atoms. The van der Waals surface area contributed by atoms with Crippen LogP contribution in [-0.4, -0.2) is 25.5 Å². The first-order valence-corrected chi connectivity index (χ1v) is 8.27. The third-order valence-corrected chi connectivity index (χ3v) is 4.24. The lowest BCUT2D eigenvalue weighted by Crippen LogP contribution is -2.14. The second-order valence-corrected chi connectivity index (χ2v) is 6.32. The normalized spacial score (nSPS) is 11.7. The molecule has 0 radical (unpaired) electrons. The van der Waals surface area contributed by atoms with Gasteiger partial charge in [-0.15, -0.1) is 0 Å². The summed E-state index contributed by atoms with van der Waals surface area (Å²) in [5.41, 5.74) is 0.749. The summed E-state index contributed by atoms with van der Waals surface area (Å²) < 4.78 is 54.2. The second-order valence-electron chi connectivity index (χ2n) is 6.32. The Morgan fingerprint density at radius 2 is 1.89 bits per heavy atom. The van der Waals surface area contributed by atoms with Gasteiger partial charge in [0, 0.05) is 13.1 Å². The molecule has 2 aromatic heterocycles. The molecule has 1 N–H and O–H groups in total. The van der Waals surface area contributed by atoms with E-state index in [2.05, 4.69) is 15.5 Å². The smallest absolute Gasteiger partial charge is 0.317 e. The third kappa shape index (κ3) is 3.90. The van der Waals surface area contributed by atoms with Crippen LogP contribution in [0.2, 0.25) is 0 Å². The van der Waals surface area contributed by atoms with Gasteiger partial charge in [0.1, 0.15) is 11.5 Å². The predicted molar refractivity (Wildman–Crippen MR) is 93.4 cm³/mol. The van der Waals surface area contributed by atoms with Crippen molar-refractivity contribution in [1.82, 2.24) is 19.6 Å². The number of nitrogens with zero attached hydrogens (tertiary/aromatic N) is 4. The molecule has 0 spiro atoms. The van der Waals surface area contributed by atoms with Crippen molar-refractivity contribution < 1.29 is 22.4 Å². The maximum atomic E-state index is 13.4. The molecule has 3 rings (SSSR count). The van der Waals surface area contributed by atoms with Crippen LogP contribution in [0.25, 0.3) is 0 Å². The molecular formula is C18H17F4N5O. The summed E-state index contributed by atoms with van der Waals surface area (Å²) in [6.45, 7) is 3.64. The highest BCUT2D eigenvalue weighted by atomic mass is 19.4. The predicted octanol–water partition coefficient (Wildman–Crippen LogP) is 3.69. The first-order valence-electron chi connectivity index (χ1n) is 8.27. The van der Waals surface area contributed by atoms with Crippen molar-refractivity contribution in [2.75, 3.05) is 5.32 Å². The lowest BCUT2D eigenvalue weighted by atomic mass is 10.2. The highest BCUT2D eigenvalue weighted by molar-refractivity contribution is 6.03. The van der Waals surface area contributed by atoms with Crippen LogP contribution in [0, 0.1) is 19.7 Å². The lowest BCUT2D eigenvalue weighted by molar-refractivity contribution is -0.143. The van der Waals surface area contributed by atoms with Crippen molar-refractivity contribution >= 4 is 11.6 Å². The Balaban J connectivity index is 1.83. The van der Waals surface area contributed by atoms with E-state index in [0.717, 1.165) is 7.05 Å². The Kier molecular flexibility index (Phi) is 4.97. The summed E-state index contributed by atoms with van der Waals surface area (Å²) in [5, 5.41) is 10.5. The highest BCUT2D eigenvalue weighted by Crippen LogP contribution is 2.29. The fourth-order valence-electron chi connectivity index (χ4n) is 2.86. The van der Waals surface area contributed by atoms with Gasteiger partial charge in [-0.1, -0.05) is 12.1 Å². The molecule has 10 heteroatoms. The SMILES string of the molecule is Cc1nn(Cc2cccc(F)c2)c(C)c1NC(=O)c1cc(C(F)(F)F)n(C)n1. The quantitative estimate of drug-likeness (QED) is 0.686. The fourth-order valence-corrected chi connectivity index (χ4v) is 2.86. The number of benzene rings is 1. The molecule has 0 aliphatic carbocycles. The molecule has 1 aromatic carbocycles. The Morgan fingerprint density at radius 1 is 1.18 bits per heavy atom. The molecule has 3 aromatic rings. The van der Waals surface area contributed by atoms with Crippen LogP contribution in [0.3, 0.4) is 0 Å². The summed E-state index contributed by atoms with van der Waals surface area (Å²) in [4.78, 5) is 12.4. The molecule has 0 saturated carbocycles.